The van der Waals surface area contributed by atoms with Crippen molar-refractivity contribution in [3.63, 3.8) is 0 Å². The van der Waals surface area contributed by atoms with Gasteiger partial charge in [-0.25, -0.2) is 4.98 Å². The lowest BCUT2D eigenvalue weighted by atomic mass is 9.85. The van der Waals surface area contributed by atoms with Crippen molar-refractivity contribution in [2.24, 2.45) is 0 Å². The zero-order valence-corrected chi connectivity index (χ0v) is 21.0. The van der Waals surface area contributed by atoms with Crippen LogP contribution in [-0.4, -0.2) is 14.9 Å². The third kappa shape index (κ3) is 3.95. The van der Waals surface area contributed by atoms with Gasteiger partial charge in [0.1, 0.15) is 6.20 Å². The normalized spacial score (nSPS) is 11.7. The molecule has 0 saturated carbocycles. The molecule has 0 bridgehead atoms. The van der Waals surface area contributed by atoms with E-state index in [-0.39, 0.29) is 10.6 Å². The molecule has 0 saturated heterocycles. The van der Waals surface area contributed by atoms with Crippen LogP contribution in [0.1, 0.15) is 30.5 Å². The highest BCUT2D eigenvalue weighted by Gasteiger charge is 2.21. The van der Waals surface area contributed by atoms with Gasteiger partial charge in [0.05, 0.1) is 21.9 Å². The van der Waals surface area contributed by atoms with Gasteiger partial charge >= 0.3 is 0 Å². The van der Waals surface area contributed by atoms with Crippen molar-refractivity contribution in [3.8, 4) is 17.2 Å². The standard InChI is InChI=1S/C32H24N4O2/c1-32(2,19-33)23-11-7-20(8-12-23)15-27-26-16-21(10-14-28(26)34-18-31(27)36(37)38)22-9-13-25-24-5-3-4-6-29(24)35-30(25)17-22/h3-14,16-18,35H,15H2,1-2H3. The molecule has 1 N–H and O–H groups in total. The molecule has 38 heavy (non-hydrogen) atoms. The van der Waals surface area contributed by atoms with E-state index in [1.54, 1.807) is 0 Å². The van der Waals surface area contributed by atoms with Gasteiger partial charge in [-0.05, 0) is 60.4 Å². The van der Waals surface area contributed by atoms with Crippen LogP contribution >= 0.6 is 0 Å². The Morgan fingerprint density at radius 1 is 0.895 bits per heavy atom. The molecule has 0 spiro atoms. The van der Waals surface area contributed by atoms with E-state index >= 15 is 0 Å². The van der Waals surface area contributed by atoms with Gasteiger partial charge in [0.2, 0.25) is 0 Å². The van der Waals surface area contributed by atoms with Gasteiger partial charge in [-0.15, -0.1) is 0 Å². The summed E-state index contributed by atoms with van der Waals surface area (Å²) in [7, 11) is 0. The fourth-order valence-corrected chi connectivity index (χ4v) is 5.10. The van der Waals surface area contributed by atoms with E-state index in [4.69, 9.17) is 0 Å². The van der Waals surface area contributed by atoms with Crippen LogP contribution in [0.2, 0.25) is 0 Å². The minimum absolute atomic E-state index is 0.00199. The highest BCUT2D eigenvalue weighted by atomic mass is 16.6. The Kier molecular flexibility index (Phi) is 5.43. The van der Waals surface area contributed by atoms with Crippen LogP contribution in [-0.2, 0) is 11.8 Å². The zero-order chi connectivity index (χ0) is 26.4. The topological polar surface area (TPSA) is 95.6 Å². The molecule has 0 fully saturated rings. The van der Waals surface area contributed by atoms with Crippen LogP contribution in [0.15, 0.2) is 91.1 Å². The fraction of sp³-hybridized carbons (Fsp3) is 0.125. The molecule has 2 heterocycles. The predicted octanol–water partition coefficient (Wildman–Crippen LogP) is 7.84. The summed E-state index contributed by atoms with van der Waals surface area (Å²) in [5.74, 6) is 0. The number of nitro groups is 1. The predicted molar refractivity (Wildman–Crippen MR) is 151 cm³/mol. The van der Waals surface area contributed by atoms with E-state index in [9.17, 15) is 15.4 Å². The lowest BCUT2D eigenvalue weighted by molar-refractivity contribution is -0.385. The lowest BCUT2D eigenvalue weighted by Gasteiger charge is -2.16. The van der Waals surface area contributed by atoms with Crippen molar-refractivity contribution in [1.29, 1.82) is 5.26 Å². The summed E-state index contributed by atoms with van der Waals surface area (Å²) in [6, 6.07) is 30.5. The first-order valence-electron chi connectivity index (χ1n) is 12.4. The second kappa shape index (κ2) is 8.82. The first-order valence-corrected chi connectivity index (χ1v) is 12.4. The van der Waals surface area contributed by atoms with Crippen molar-refractivity contribution >= 4 is 38.4 Å². The van der Waals surface area contributed by atoms with Gasteiger partial charge in [-0.3, -0.25) is 10.1 Å². The van der Waals surface area contributed by atoms with Crippen LogP contribution in [0.4, 0.5) is 5.69 Å². The molecule has 4 aromatic carbocycles. The van der Waals surface area contributed by atoms with E-state index in [2.05, 4.69) is 46.4 Å². The summed E-state index contributed by atoms with van der Waals surface area (Å²) in [6.07, 6.45) is 1.73. The maximum Gasteiger partial charge on any atom is 0.291 e. The number of hydrogen-bond acceptors (Lipinski definition) is 4. The number of para-hydroxylation sites is 1. The van der Waals surface area contributed by atoms with Gasteiger partial charge in [-0.2, -0.15) is 5.26 Å². The van der Waals surface area contributed by atoms with Gasteiger partial charge in [0.15, 0.2) is 0 Å². The highest BCUT2D eigenvalue weighted by molar-refractivity contribution is 6.08. The maximum absolute atomic E-state index is 12.0. The Morgan fingerprint density at radius 3 is 2.37 bits per heavy atom. The molecule has 0 atom stereocenters. The van der Waals surface area contributed by atoms with E-state index in [0.717, 1.165) is 44.1 Å². The molecule has 2 aromatic heterocycles. The first-order chi connectivity index (χ1) is 18.3. The molecule has 184 valence electrons. The molecule has 6 nitrogen and oxygen atoms in total. The average molecular weight is 497 g/mol. The number of nitrogens with zero attached hydrogens (tertiary/aromatic N) is 3. The van der Waals surface area contributed by atoms with Crippen LogP contribution in [0.3, 0.4) is 0 Å². The number of aromatic nitrogens is 2. The number of nitrogens with one attached hydrogen (secondary N) is 1. The number of fused-ring (bicyclic) bond motifs is 4. The summed E-state index contributed by atoms with van der Waals surface area (Å²) < 4.78 is 0. The number of H-pyrrole nitrogens is 1. The van der Waals surface area contributed by atoms with Crippen molar-refractivity contribution in [2.75, 3.05) is 0 Å². The van der Waals surface area contributed by atoms with Crippen LogP contribution in [0, 0.1) is 21.4 Å². The molecule has 0 amide bonds. The van der Waals surface area contributed by atoms with Crippen LogP contribution in [0.25, 0.3) is 43.8 Å². The summed E-state index contributed by atoms with van der Waals surface area (Å²) in [5.41, 5.74) is 6.70. The molecule has 0 aliphatic carbocycles. The largest absolute Gasteiger partial charge is 0.354 e. The quantitative estimate of drug-likeness (QED) is 0.194. The van der Waals surface area contributed by atoms with Gasteiger partial charge in [0.25, 0.3) is 5.69 Å². The number of hydrogen-bond donors (Lipinski definition) is 1. The van der Waals surface area contributed by atoms with Gasteiger partial charge in [-0.1, -0.05) is 60.7 Å². The maximum atomic E-state index is 12.0. The Balaban J connectivity index is 1.46. The molecule has 0 aliphatic rings. The monoisotopic (exact) mass is 496 g/mol. The minimum Gasteiger partial charge on any atom is -0.354 e. The Morgan fingerprint density at radius 2 is 1.61 bits per heavy atom. The molecule has 6 rings (SSSR count). The molecule has 0 aliphatic heterocycles. The number of rotatable bonds is 5. The molecule has 6 heteroatoms. The second-order valence-corrected chi connectivity index (χ2v) is 10.2. The van der Waals surface area contributed by atoms with E-state index in [1.165, 1.54) is 11.6 Å². The smallest absolute Gasteiger partial charge is 0.291 e. The number of aromatic amines is 1. The van der Waals surface area contributed by atoms with Crippen LogP contribution < -0.4 is 0 Å². The number of benzene rings is 4. The molecule has 6 aromatic rings. The Bertz CT molecular complexity index is 1910. The summed E-state index contributed by atoms with van der Waals surface area (Å²) >= 11 is 0. The Hall–Kier alpha value is -5.02. The van der Waals surface area contributed by atoms with Crippen LogP contribution in [0.5, 0.6) is 0 Å². The SMILES string of the molecule is CC(C)(C#N)c1ccc(Cc2c([N+](=O)[O-])cnc3ccc(-c4ccc5c(c4)[nH]c4ccccc45)cc23)cc1. The number of nitriles is 1. The molecule has 0 radical (unpaired) electrons. The summed E-state index contributed by atoms with van der Waals surface area (Å²) in [5, 5.41) is 24.5. The summed E-state index contributed by atoms with van der Waals surface area (Å²) in [4.78, 5) is 19.5. The van der Waals surface area contributed by atoms with Gasteiger partial charge in [0, 0.05) is 39.2 Å². The van der Waals surface area contributed by atoms with E-state index in [0.29, 0.717) is 17.5 Å². The van der Waals surface area contributed by atoms with Crippen molar-refractivity contribution in [1.82, 2.24) is 9.97 Å². The first kappa shape index (κ1) is 23.4. The van der Waals surface area contributed by atoms with Crippen molar-refractivity contribution in [2.45, 2.75) is 25.7 Å². The number of pyridine rings is 1. The van der Waals surface area contributed by atoms with E-state index < -0.39 is 5.41 Å². The molecule has 0 unspecified atom stereocenters. The van der Waals surface area contributed by atoms with Crippen molar-refractivity contribution < 1.29 is 4.92 Å². The van der Waals surface area contributed by atoms with E-state index in [1.807, 2.05) is 68.4 Å². The fourth-order valence-electron chi connectivity index (χ4n) is 5.10. The second-order valence-electron chi connectivity index (χ2n) is 10.2. The zero-order valence-electron chi connectivity index (χ0n) is 21.0. The Labute approximate surface area is 219 Å². The third-order valence-corrected chi connectivity index (χ3v) is 7.33. The van der Waals surface area contributed by atoms with Crippen molar-refractivity contribution in [3.05, 3.63) is 118 Å². The lowest BCUT2D eigenvalue weighted by Crippen LogP contribution is -2.13. The average Bonchev–Trinajstić information content (AvgIpc) is 3.31. The molecular formula is C32H24N4O2. The molecular weight excluding hydrogens is 472 g/mol. The minimum atomic E-state index is -0.602. The highest BCUT2D eigenvalue weighted by Crippen LogP contribution is 2.34. The third-order valence-electron chi connectivity index (χ3n) is 7.33. The van der Waals surface area contributed by atoms with Gasteiger partial charge < -0.3 is 4.98 Å². The summed E-state index contributed by atoms with van der Waals surface area (Å²) in [6.45, 7) is 3.75.